The van der Waals surface area contributed by atoms with Crippen molar-refractivity contribution < 1.29 is 9.90 Å². The van der Waals surface area contributed by atoms with Crippen LogP contribution in [-0.4, -0.2) is 39.3 Å². The standard InChI is InChI=1S/C18H18N4O2/c23-8-2-1-7-19-18(24)11-4-6-15-14(9-11)13-5-3-12-10-20-22-16(12)17(13)21-15/h3-6,9-10,21,23H,1-2,7-8H2,(H,19,24)(H,20,22). The third kappa shape index (κ3) is 2.41. The summed E-state index contributed by atoms with van der Waals surface area (Å²) in [5.74, 6) is -0.0909. The molecular weight excluding hydrogens is 304 g/mol. The molecule has 0 bridgehead atoms. The lowest BCUT2D eigenvalue weighted by molar-refractivity contribution is 0.0952. The Hall–Kier alpha value is -2.86. The fraction of sp³-hybridized carbons (Fsp3) is 0.222. The van der Waals surface area contributed by atoms with Crippen LogP contribution in [0.15, 0.2) is 36.5 Å². The summed E-state index contributed by atoms with van der Waals surface area (Å²) >= 11 is 0. The van der Waals surface area contributed by atoms with Crippen LogP contribution in [0.1, 0.15) is 23.2 Å². The van der Waals surface area contributed by atoms with Gasteiger partial charge in [0.15, 0.2) is 0 Å². The van der Waals surface area contributed by atoms with Gasteiger partial charge >= 0.3 is 0 Å². The third-order valence-electron chi connectivity index (χ3n) is 4.32. The Morgan fingerprint density at radius 1 is 1.12 bits per heavy atom. The molecule has 0 aliphatic carbocycles. The second-order valence-electron chi connectivity index (χ2n) is 5.89. The van der Waals surface area contributed by atoms with Crippen molar-refractivity contribution in [2.24, 2.45) is 0 Å². The highest BCUT2D eigenvalue weighted by molar-refractivity contribution is 6.16. The first-order valence-electron chi connectivity index (χ1n) is 8.04. The molecule has 4 N–H and O–H groups in total. The van der Waals surface area contributed by atoms with Crippen molar-refractivity contribution in [1.82, 2.24) is 20.5 Å². The van der Waals surface area contributed by atoms with E-state index in [2.05, 4.69) is 26.6 Å². The Balaban J connectivity index is 1.71. The number of benzene rings is 2. The van der Waals surface area contributed by atoms with Crippen molar-refractivity contribution >= 4 is 38.6 Å². The van der Waals surface area contributed by atoms with Crippen LogP contribution in [0.5, 0.6) is 0 Å². The van der Waals surface area contributed by atoms with Crippen molar-refractivity contribution in [2.75, 3.05) is 13.2 Å². The maximum atomic E-state index is 12.3. The molecule has 0 fully saturated rings. The molecule has 0 unspecified atom stereocenters. The van der Waals surface area contributed by atoms with E-state index in [-0.39, 0.29) is 12.5 Å². The van der Waals surface area contributed by atoms with Crippen LogP contribution in [0.3, 0.4) is 0 Å². The number of aliphatic hydroxyl groups excluding tert-OH is 1. The summed E-state index contributed by atoms with van der Waals surface area (Å²) < 4.78 is 0. The Labute approximate surface area is 137 Å². The van der Waals surface area contributed by atoms with Gasteiger partial charge < -0.3 is 15.4 Å². The number of hydrogen-bond donors (Lipinski definition) is 4. The van der Waals surface area contributed by atoms with Crippen LogP contribution in [0.25, 0.3) is 32.7 Å². The van der Waals surface area contributed by atoms with Crippen molar-refractivity contribution in [3.63, 3.8) is 0 Å². The zero-order valence-electron chi connectivity index (χ0n) is 13.1. The molecule has 122 valence electrons. The van der Waals surface area contributed by atoms with E-state index in [1.165, 1.54) is 0 Å². The SMILES string of the molecule is O=C(NCCCCO)c1ccc2[nH]c3c(ccc4cn[nH]c43)c2c1. The minimum absolute atomic E-state index is 0.0909. The minimum atomic E-state index is -0.0909. The van der Waals surface area contributed by atoms with E-state index >= 15 is 0 Å². The normalized spacial score (nSPS) is 11.5. The van der Waals surface area contributed by atoms with Crippen molar-refractivity contribution in [1.29, 1.82) is 0 Å². The number of aliphatic hydroxyl groups is 1. The fourth-order valence-electron chi connectivity index (χ4n) is 3.06. The number of aromatic amines is 2. The Morgan fingerprint density at radius 2 is 2.04 bits per heavy atom. The number of fused-ring (bicyclic) bond motifs is 5. The van der Waals surface area contributed by atoms with E-state index in [1.807, 2.05) is 24.3 Å². The first-order chi connectivity index (χ1) is 11.8. The molecule has 2 aromatic heterocycles. The first kappa shape index (κ1) is 14.7. The van der Waals surface area contributed by atoms with Crippen LogP contribution in [0.4, 0.5) is 0 Å². The zero-order chi connectivity index (χ0) is 16.5. The van der Waals surface area contributed by atoms with E-state index in [4.69, 9.17) is 5.11 Å². The van der Waals surface area contributed by atoms with Gasteiger partial charge in [-0.15, -0.1) is 0 Å². The van der Waals surface area contributed by atoms with Gasteiger partial charge in [-0.05, 0) is 31.0 Å². The van der Waals surface area contributed by atoms with E-state index in [0.29, 0.717) is 18.5 Å². The van der Waals surface area contributed by atoms with Crippen LogP contribution in [-0.2, 0) is 0 Å². The first-order valence-corrected chi connectivity index (χ1v) is 8.04. The lowest BCUT2D eigenvalue weighted by Crippen LogP contribution is -2.24. The molecule has 4 rings (SSSR count). The molecule has 0 spiro atoms. The molecule has 2 aromatic carbocycles. The van der Waals surface area contributed by atoms with Crippen molar-refractivity contribution in [2.45, 2.75) is 12.8 Å². The summed E-state index contributed by atoms with van der Waals surface area (Å²) in [6.07, 6.45) is 3.27. The summed E-state index contributed by atoms with van der Waals surface area (Å²) in [5, 5.41) is 21.9. The average molecular weight is 322 g/mol. The molecular formula is C18H18N4O2. The lowest BCUT2D eigenvalue weighted by atomic mass is 10.1. The fourth-order valence-corrected chi connectivity index (χ4v) is 3.06. The number of rotatable bonds is 5. The molecule has 0 aliphatic rings. The Morgan fingerprint density at radius 3 is 2.92 bits per heavy atom. The number of carbonyl (C=O) groups excluding carboxylic acids is 1. The molecule has 2 heterocycles. The average Bonchev–Trinajstić information content (AvgIpc) is 3.21. The summed E-state index contributed by atoms with van der Waals surface area (Å²) in [6.45, 7) is 0.722. The molecule has 24 heavy (non-hydrogen) atoms. The summed E-state index contributed by atoms with van der Waals surface area (Å²) in [6, 6.07) is 9.74. The molecule has 0 saturated carbocycles. The number of hydrogen-bond acceptors (Lipinski definition) is 3. The van der Waals surface area contributed by atoms with Gasteiger partial charge in [-0.25, -0.2) is 0 Å². The van der Waals surface area contributed by atoms with E-state index in [0.717, 1.165) is 39.1 Å². The molecule has 1 amide bonds. The maximum Gasteiger partial charge on any atom is 0.251 e. The van der Waals surface area contributed by atoms with E-state index in [1.54, 1.807) is 6.20 Å². The summed E-state index contributed by atoms with van der Waals surface area (Å²) in [7, 11) is 0. The highest BCUT2D eigenvalue weighted by Crippen LogP contribution is 2.30. The quantitative estimate of drug-likeness (QED) is 0.426. The second-order valence-corrected chi connectivity index (χ2v) is 5.89. The zero-order valence-corrected chi connectivity index (χ0v) is 13.1. The third-order valence-corrected chi connectivity index (χ3v) is 4.32. The van der Waals surface area contributed by atoms with Gasteiger partial charge in [0.05, 0.1) is 17.2 Å². The number of unbranched alkanes of at least 4 members (excludes halogenated alkanes) is 1. The molecule has 0 saturated heterocycles. The molecule has 0 radical (unpaired) electrons. The Kier molecular flexibility index (Phi) is 3.66. The van der Waals surface area contributed by atoms with Crippen LogP contribution < -0.4 is 5.32 Å². The molecule has 6 heteroatoms. The topological polar surface area (TPSA) is 93.8 Å². The van der Waals surface area contributed by atoms with Crippen molar-refractivity contribution in [3.8, 4) is 0 Å². The number of nitrogens with zero attached hydrogens (tertiary/aromatic N) is 1. The lowest BCUT2D eigenvalue weighted by Gasteiger charge is -2.04. The maximum absolute atomic E-state index is 12.3. The van der Waals surface area contributed by atoms with Crippen LogP contribution in [0.2, 0.25) is 0 Å². The predicted octanol–water partition coefficient (Wildman–Crippen LogP) is 2.70. The van der Waals surface area contributed by atoms with Gasteiger partial charge in [0.25, 0.3) is 5.91 Å². The minimum Gasteiger partial charge on any atom is -0.396 e. The predicted molar refractivity (Wildman–Crippen MR) is 94.1 cm³/mol. The van der Waals surface area contributed by atoms with Gasteiger partial charge in [-0.1, -0.05) is 12.1 Å². The number of nitrogens with one attached hydrogen (secondary N) is 3. The monoisotopic (exact) mass is 322 g/mol. The Bertz CT molecular complexity index is 1030. The number of carbonyl (C=O) groups is 1. The van der Waals surface area contributed by atoms with Gasteiger partial charge in [0.1, 0.15) is 0 Å². The highest BCUT2D eigenvalue weighted by atomic mass is 16.2. The van der Waals surface area contributed by atoms with E-state index in [9.17, 15) is 4.79 Å². The van der Waals surface area contributed by atoms with E-state index < -0.39 is 0 Å². The van der Waals surface area contributed by atoms with Gasteiger partial charge in [-0.3, -0.25) is 9.89 Å². The van der Waals surface area contributed by atoms with Crippen LogP contribution in [0, 0.1) is 0 Å². The number of aromatic nitrogens is 3. The molecule has 0 aliphatic heterocycles. The van der Waals surface area contributed by atoms with Gasteiger partial charge in [0.2, 0.25) is 0 Å². The summed E-state index contributed by atoms with van der Waals surface area (Å²) in [4.78, 5) is 15.7. The number of H-pyrrole nitrogens is 2. The van der Waals surface area contributed by atoms with Crippen molar-refractivity contribution in [3.05, 3.63) is 42.1 Å². The number of amides is 1. The smallest absolute Gasteiger partial charge is 0.251 e. The summed E-state index contributed by atoms with van der Waals surface area (Å²) in [5.41, 5.74) is 3.60. The van der Waals surface area contributed by atoms with Gasteiger partial charge in [0, 0.05) is 40.4 Å². The largest absolute Gasteiger partial charge is 0.396 e. The molecule has 4 aromatic rings. The highest BCUT2D eigenvalue weighted by Gasteiger charge is 2.12. The van der Waals surface area contributed by atoms with Crippen LogP contribution >= 0.6 is 0 Å². The second kappa shape index (κ2) is 5.98. The van der Waals surface area contributed by atoms with Gasteiger partial charge in [-0.2, -0.15) is 5.10 Å². The molecule has 6 nitrogen and oxygen atoms in total. The molecule has 0 atom stereocenters.